The molecular weight excluding hydrogens is 486 g/mol. The quantitative estimate of drug-likeness (QED) is 0.384. The molecule has 0 radical (unpaired) electrons. The number of ether oxygens (including phenoxy) is 1. The van der Waals surface area contributed by atoms with Crippen LogP contribution in [-0.2, 0) is 18.0 Å². The Morgan fingerprint density at radius 1 is 1.06 bits per heavy atom. The molecule has 1 aliphatic rings. The minimum Gasteiger partial charge on any atom is -0.456 e. The number of amides is 2. The number of carbonyl (C=O) groups excluding carboxylic acids is 2. The smallest absolute Gasteiger partial charge is 0.435 e. The van der Waals surface area contributed by atoms with Gasteiger partial charge in [-0.3, -0.25) is 19.6 Å². The maximum absolute atomic E-state index is 14.3. The van der Waals surface area contributed by atoms with Crippen molar-refractivity contribution in [3.63, 3.8) is 0 Å². The Morgan fingerprint density at radius 3 is 2.53 bits per heavy atom. The van der Waals surface area contributed by atoms with Crippen molar-refractivity contribution in [1.82, 2.24) is 24.4 Å². The first kappa shape index (κ1) is 23.3. The van der Waals surface area contributed by atoms with Crippen molar-refractivity contribution in [2.24, 2.45) is 13.0 Å². The van der Waals surface area contributed by atoms with Crippen molar-refractivity contribution in [2.45, 2.75) is 19.0 Å². The van der Waals surface area contributed by atoms with E-state index in [1.54, 1.807) is 12.1 Å². The third-order valence-corrected chi connectivity index (χ3v) is 5.25. The first-order valence-corrected chi connectivity index (χ1v) is 10.6. The molecule has 3 heterocycles. The number of alkyl halides is 3. The number of hydrogen-bond donors (Lipinski definition) is 2. The molecule has 2 amide bonds. The van der Waals surface area contributed by atoms with Crippen LogP contribution in [0.3, 0.4) is 0 Å². The molecule has 3 aromatic heterocycles. The van der Waals surface area contributed by atoms with Crippen LogP contribution in [0.2, 0.25) is 0 Å². The summed E-state index contributed by atoms with van der Waals surface area (Å²) in [6, 6.07) is 6.55. The van der Waals surface area contributed by atoms with E-state index in [-0.39, 0.29) is 35.0 Å². The first-order valence-electron chi connectivity index (χ1n) is 10.6. The Morgan fingerprint density at radius 2 is 1.81 bits per heavy atom. The molecule has 36 heavy (non-hydrogen) atoms. The lowest BCUT2D eigenvalue weighted by Gasteiger charge is -2.11. The van der Waals surface area contributed by atoms with Gasteiger partial charge in [-0.05, 0) is 37.1 Å². The van der Waals surface area contributed by atoms with Gasteiger partial charge in [-0.2, -0.15) is 23.3 Å². The van der Waals surface area contributed by atoms with Crippen molar-refractivity contribution in [1.29, 1.82) is 0 Å². The SMILES string of the molecule is Cn1cc(C(=O)Nc2cc(Oc3ccc4nc(NC(=O)C5CC5)nn4c3)ccc2F)c(C(F)(F)F)n1. The maximum atomic E-state index is 14.3. The Balaban J connectivity index is 1.33. The molecule has 1 aromatic carbocycles. The van der Waals surface area contributed by atoms with Crippen LogP contribution in [0, 0.1) is 11.7 Å². The van der Waals surface area contributed by atoms with Crippen LogP contribution in [0.1, 0.15) is 28.9 Å². The molecule has 0 atom stereocenters. The minimum atomic E-state index is -4.86. The van der Waals surface area contributed by atoms with Crippen LogP contribution in [-0.4, -0.2) is 36.2 Å². The van der Waals surface area contributed by atoms with E-state index in [0.29, 0.717) is 5.65 Å². The number of aromatic nitrogens is 5. The van der Waals surface area contributed by atoms with Crippen molar-refractivity contribution in [2.75, 3.05) is 10.6 Å². The van der Waals surface area contributed by atoms with Gasteiger partial charge in [-0.15, -0.1) is 5.10 Å². The Hall–Kier alpha value is -4.49. The third-order valence-electron chi connectivity index (χ3n) is 5.25. The van der Waals surface area contributed by atoms with Gasteiger partial charge in [0.1, 0.15) is 17.3 Å². The van der Waals surface area contributed by atoms with Gasteiger partial charge in [-0.1, -0.05) is 0 Å². The molecule has 2 N–H and O–H groups in total. The molecule has 1 aliphatic carbocycles. The lowest BCUT2D eigenvalue weighted by Crippen LogP contribution is -2.18. The minimum absolute atomic E-state index is 0.0122. The summed E-state index contributed by atoms with van der Waals surface area (Å²) in [5.41, 5.74) is -2.08. The van der Waals surface area contributed by atoms with Crippen molar-refractivity contribution >= 4 is 29.1 Å². The maximum Gasteiger partial charge on any atom is 0.435 e. The number of fused-ring (bicyclic) bond motifs is 1. The van der Waals surface area contributed by atoms with Crippen molar-refractivity contribution < 1.29 is 31.9 Å². The molecule has 5 rings (SSSR count). The van der Waals surface area contributed by atoms with E-state index in [4.69, 9.17) is 4.74 Å². The number of nitrogens with zero attached hydrogens (tertiary/aromatic N) is 5. The second-order valence-electron chi connectivity index (χ2n) is 8.13. The summed E-state index contributed by atoms with van der Waals surface area (Å²) in [7, 11) is 1.23. The molecule has 0 spiro atoms. The fourth-order valence-corrected chi connectivity index (χ4v) is 3.39. The second-order valence-corrected chi connectivity index (χ2v) is 8.13. The van der Waals surface area contributed by atoms with E-state index in [1.165, 1.54) is 23.8 Å². The highest BCUT2D eigenvalue weighted by Gasteiger charge is 2.39. The fourth-order valence-electron chi connectivity index (χ4n) is 3.39. The van der Waals surface area contributed by atoms with Gasteiger partial charge in [0, 0.05) is 25.2 Å². The third kappa shape index (κ3) is 4.82. The summed E-state index contributed by atoms with van der Waals surface area (Å²) in [4.78, 5) is 28.6. The number of hydrogen-bond acceptors (Lipinski definition) is 6. The molecule has 0 unspecified atom stereocenters. The number of halogens is 4. The Labute approximate surface area is 199 Å². The number of aryl methyl sites for hydroxylation is 1. The highest BCUT2D eigenvalue weighted by molar-refractivity contribution is 6.05. The lowest BCUT2D eigenvalue weighted by molar-refractivity contribution is -0.141. The highest BCUT2D eigenvalue weighted by atomic mass is 19.4. The largest absolute Gasteiger partial charge is 0.456 e. The van der Waals surface area contributed by atoms with Gasteiger partial charge in [0.15, 0.2) is 11.3 Å². The number of pyridine rings is 1. The van der Waals surface area contributed by atoms with Crippen LogP contribution in [0.15, 0.2) is 42.7 Å². The standard InChI is InChI=1S/C22H17F4N7O3/c1-32-10-14(18(30-32)22(24,25)26)20(35)27-16-8-12(4-6-15(16)23)36-13-5-7-17-28-21(31-33(17)9-13)29-19(34)11-2-3-11/h4-11H,2-3H2,1H3,(H,27,35)(H,29,31,34). The van der Waals surface area contributed by atoms with E-state index in [2.05, 4.69) is 25.8 Å². The summed E-state index contributed by atoms with van der Waals surface area (Å²) in [5, 5.41) is 12.2. The average Bonchev–Trinajstić information content (AvgIpc) is 3.47. The highest BCUT2D eigenvalue weighted by Crippen LogP contribution is 2.32. The summed E-state index contributed by atoms with van der Waals surface area (Å²) >= 11 is 0. The monoisotopic (exact) mass is 503 g/mol. The topological polar surface area (TPSA) is 115 Å². The van der Waals surface area contributed by atoms with Crippen LogP contribution in [0.25, 0.3) is 5.65 Å². The average molecular weight is 503 g/mol. The van der Waals surface area contributed by atoms with Crippen molar-refractivity contribution in [3.8, 4) is 11.5 Å². The lowest BCUT2D eigenvalue weighted by atomic mass is 10.2. The predicted molar refractivity (Wildman–Crippen MR) is 117 cm³/mol. The fraction of sp³-hybridized carbons (Fsp3) is 0.227. The van der Waals surface area contributed by atoms with E-state index in [0.717, 1.165) is 35.9 Å². The van der Waals surface area contributed by atoms with Crippen LogP contribution in [0.4, 0.5) is 29.2 Å². The van der Waals surface area contributed by atoms with Gasteiger partial charge in [0.25, 0.3) is 5.91 Å². The number of nitrogens with one attached hydrogen (secondary N) is 2. The molecule has 186 valence electrons. The summed E-state index contributed by atoms with van der Waals surface area (Å²) < 4.78 is 61.8. The van der Waals surface area contributed by atoms with Crippen molar-refractivity contribution in [3.05, 3.63) is 59.8 Å². The number of anilines is 2. The molecule has 14 heteroatoms. The zero-order valence-corrected chi connectivity index (χ0v) is 18.5. The molecule has 1 fully saturated rings. The van der Waals surface area contributed by atoms with Crippen LogP contribution >= 0.6 is 0 Å². The Bertz CT molecular complexity index is 1490. The zero-order valence-electron chi connectivity index (χ0n) is 18.5. The number of carbonyl (C=O) groups is 2. The predicted octanol–water partition coefficient (Wildman–Crippen LogP) is 4.01. The zero-order chi connectivity index (χ0) is 25.6. The molecule has 4 aromatic rings. The summed E-state index contributed by atoms with van der Waals surface area (Å²) in [6.45, 7) is 0. The van der Waals surface area contributed by atoms with E-state index >= 15 is 0 Å². The Kier molecular flexibility index (Phi) is 5.57. The normalized spacial score (nSPS) is 13.6. The van der Waals surface area contributed by atoms with Gasteiger partial charge in [0.2, 0.25) is 11.9 Å². The molecule has 0 saturated heterocycles. The van der Waals surface area contributed by atoms with E-state index in [9.17, 15) is 27.2 Å². The summed E-state index contributed by atoms with van der Waals surface area (Å²) in [5.74, 6) is -1.71. The van der Waals surface area contributed by atoms with E-state index in [1.807, 2.05) is 0 Å². The van der Waals surface area contributed by atoms with E-state index < -0.39 is 29.2 Å². The molecule has 0 aliphatic heterocycles. The van der Waals surface area contributed by atoms with Gasteiger partial charge < -0.3 is 10.1 Å². The van der Waals surface area contributed by atoms with Gasteiger partial charge in [-0.25, -0.2) is 8.91 Å². The molecule has 1 saturated carbocycles. The summed E-state index contributed by atoms with van der Waals surface area (Å²) in [6.07, 6.45) is -0.822. The van der Waals surface area contributed by atoms with Crippen LogP contribution < -0.4 is 15.4 Å². The first-order chi connectivity index (χ1) is 17.1. The molecule has 0 bridgehead atoms. The number of rotatable bonds is 6. The van der Waals surface area contributed by atoms with Gasteiger partial charge >= 0.3 is 6.18 Å². The number of benzene rings is 1. The molecule has 10 nitrogen and oxygen atoms in total. The van der Waals surface area contributed by atoms with Gasteiger partial charge in [0.05, 0.1) is 17.4 Å². The second kappa shape index (κ2) is 8.62. The van der Waals surface area contributed by atoms with Crippen LogP contribution in [0.5, 0.6) is 11.5 Å². The molecular formula is C22H17F4N7O3.